The molecule has 10 nitrogen and oxygen atoms in total. The lowest BCUT2D eigenvalue weighted by Gasteiger charge is -2.42. The van der Waals surface area contributed by atoms with Gasteiger partial charge in [-0.25, -0.2) is 13.8 Å². The largest absolute Gasteiger partial charge is 0.375 e. The number of nitrogens with zero attached hydrogens (tertiary/aromatic N) is 6. The molecule has 1 aromatic carbocycles. The molecule has 220 valence electrons. The van der Waals surface area contributed by atoms with Crippen LogP contribution < -0.4 is 16.0 Å². The van der Waals surface area contributed by atoms with Gasteiger partial charge in [0.05, 0.1) is 78.5 Å². The van der Waals surface area contributed by atoms with Gasteiger partial charge >= 0.3 is 0 Å². The molecule has 1 saturated heterocycles. The molecule has 0 radical (unpaired) electrons. The Morgan fingerprint density at radius 1 is 1.17 bits per heavy atom. The van der Waals surface area contributed by atoms with Crippen LogP contribution in [0.3, 0.4) is 0 Å². The van der Waals surface area contributed by atoms with E-state index >= 15 is 8.78 Å². The summed E-state index contributed by atoms with van der Waals surface area (Å²) in [5, 5.41) is 16.6. The van der Waals surface area contributed by atoms with Gasteiger partial charge in [-0.3, -0.25) is 4.98 Å². The summed E-state index contributed by atoms with van der Waals surface area (Å²) in [4.78, 5) is 10.9. The van der Waals surface area contributed by atoms with E-state index < -0.39 is 11.6 Å². The molecule has 3 N–H and O–H groups in total. The Morgan fingerprint density at radius 2 is 1.95 bits per heavy atom. The first-order chi connectivity index (χ1) is 20.2. The number of anilines is 3. The molecular formula is C30H34F2N8O2. The third-order valence-electron chi connectivity index (χ3n) is 7.16. The van der Waals surface area contributed by atoms with Crippen molar-refractivity contribution in [3.63, 3.8) is 0 Å². The fourth-order valence-electron chi connectivity index (χ4n) is 5.23. The molecule has 0 bridgehead atoms. The molecule has 3 unspecified atom stereocenters. The molecule has 0 aliphatic carbocycles. The number of rotatable bonds is 10. The Bertz CT molecular complexity index is 1550. The van der Waals surface area contributed by atoms with Crippen LogP contribution in [0.4, 0.5) is 26.1 Å². The third-order valence-corrected chi connectivity index (χ3v) is 7.16. The number of fused-ring (bicyclic) bond motifs is 1. The summed E-state index contributed by atoms with van der Waals surface area (Å²) in [5.74, 6) is -0.966. The number of hydrogen-bond acceptors (Lipinski definition) is 9. The van der Waals surface area contributed by atoms with Gasteiger partial charge in [-0.2, -0.15) is 14.9 Å². The molecule has 0 saturated carbocycles. The van der Waals surface area contributed by atoms with Gasteiger partial charge in [0, 0.05) is 31.2 Å². The van der Waals surface area contributed by atoms with Crippen molar-refractivity contribution in [3.8, 4) is 17.3 Å². The first-order valence-electron chi connectivity index (χ1n) is 13.9. The predicted molar refractivity (Wildman–Crippen MR) is 155 cm³/mol. The zero-order valence-corrected chi connectivity index (χ0v) is 23.8. The van der Waals surface area contributed by atoms with Gasteiger partial charge in [0.15, 0.2) is 0 Å². The summed E-state index contributed by atoms with van der Waals surface area (Å²) < 4.78 is 43.1. The van der Waals surface area contributed by atoms with E-state index in [9.17, 15) is 0 Å². The fraction of sp³-hybridized carbons (Fsp3) is 0.400. The van der Waals surface area contributed by atoms with Gasteiger partial charge in [0.1, 0.15) is 11.6 Å². The van der Waals surface area contributed by atoms with Crippen LogP contribution in [-0.4, -0.2) is 57.5 Å². The average Bonchev–Trinajstić information content (AvgIpc) is 3.35. The molecule has 3 aromatic heterocycles. The number of imidazole rings is 1. The van der Waals surface area contributed by atoms with E-state index in [1.807, 2.05) is 19.9 Å². The fourth-order valence-corrected chi connectivity index (χ4v) is 5.23. The van der Waals surface area contributed by atoms with Crippen LogP contribution in [0, 0.1) is 28.9 Å². The number of pyridine rings is 1. The molecule has 1 aliphatic heterocycles. The normalized spacial score (nSPS) is 18.9. The molecule has 4 heterocycles. The molecule has 1 fully saturated rings. The Kier molecular flexibility index (Phi) is 8.91. The van der Waals surface area contributed by atoms with Gasteiger partial charge in [-0.15, -0.1) is 0 Å². The molecule has 42 heavy (non-hydrogen) atoms. The molecule has 0 amide bonds. The van der Waals surface area contributed by atoms with Crippen molar-refractivity contribution in [1.29, 1.82) is 5.26 Å². The molecule has 4 aromatic rings. The SMILES string of the molecule is CC(C)OCc1cc(F)c(-c2ccc3cnc(Nc4cnccc4N4CC(C)C(OCCC#N)C(N)C4)n3n2)c(F)c1. The number of aromatic nitrogens is 4. The second kappa shape index (κ2) is 12.8. The number of hydrogen-bond donors (Lipinski definition) is 2. The van der Waals surface area contributed by atoms with E-state index in [0.29, 0.717) is 48.8 Å². The van der Waals surface area contributed by atoms with Crippen LogP contribution in [0.1, 0.15) is 32.8 Å². The Hall–Kier alpha value is -4.18. The smallest absolute Gasteiger partial charge is 0.229 e. The van der Waals surface area contributed by atoms with Crippen molar-refractivity contribution in [2.45, 2.75) is 52.0 Å². The number of ether oxygens (including phenoxy) is 2. The quantitative estimate of drug-likeness (QED) is 0.256. The molecular weight excluding hydrogens is 542 g/mol. The lowest BCUT2D eigenvalue weighted by atomic mass is 9.92. The summed E-state index contributed by atoms with van der Waals surface area (Å²) in [5.41, 5.74) is 8.98. The average molecular weight is 577 g/mol. The van der Waals surface area contributed by atoms with E-state index in [-0.39, 0.29) is 42.0 Å². The highest BCUT2D eigenvalue weighted by atomic mass is 19.1. The van der Waals surface area contributed by atoms with Gasteiger partial charge in [-0.05, 0) is 49.7 Å². The van der Waals surface area contributed by atoms with Crippen molar-refractivity contribution in [1.82, 2.24) is 19.6 Å². The molecule has 12 heteroatoms. The zero-order valence-electron chi connectivity index (χ0n) is 23.8. The number of halogens is 2. The van der Waals surface area contributed by atoms with Crippen LogP contribution in [0.5, 0.6) is 0 Å². The van der Waals surface area contributed by atoms with Crippen molar-refractivity contribution in [3.05, 3.63) is 66.1 Å². The van der Waals surface area contributed by atoms with Crippen LogP contribution >= 0.6 is 0 Å². The van der Waals surface area contributed by atoms with E-state index in [1.54, 1.807) is 30.7 Å². The number of nitrogens with one attached hydrogen (secondary N) is 1. The first-order valence-corrected chi connectivity index (χ1v) is 13.9. The summed E-state index contributed by atoms with van der Waals surface area (Å²) in [6.07, 6.45) is 5.12. The molecule has 0 spiro atoms. The highest BCUT2D eigenvalue weighted by molar-refractivity contribution is 5.74. The van der Waals surface area contributed by atoms with Gasteiger partial charge in [0.25, 0.3) is 0 Å². The van der Waals surface area contributed by atoms with E-state index in [2.05, 4.69) is 38.3 Å². The van der Waals surface area contributed by atoms with Crippen LogP contribution in [-0.2, 0) is 16.1 Å². The summed E-state index contributed by atoms with van der Waals surface area (Å²) in [6.45, 7) is 7.49. The van der Waals surface area contributed by atoms with Crippen molar-refractivity contribution >= 4 is 22.8 Å². The highest BCUT2D eigenvalue weighted by Crippen LogP contribution is 2.32. The number of nitriles is 1. The Balaban J connectivity index is 1.40. The van der Waals surface area contributed by atoms with Crippen molar-refractivity contribution in [2.75, 3.05) is 29.9 Å². The second-order valence-corrected chi connectivity index (χ2v) is 10.7. The highest BCUT2D eigenvalue weighted by Gasteiger charge is 2.34. The Labute approximate surface area is 243 Å². The lowest BCUT2D eigenvalue weighted by molar-refractivity contribution is -0.00331. The van der Waals surface area contributed by atoms with Crippen LogP contribution in [0.2, 0.25) is 0 Å². The van der Waals surface area contributed by atoms with E-state index in [4.69, 9.17) is 20.5 Å². The summed E-state index contributed by atoms with van der Waals surface area (Å²) >= 11 is 0. The first kappa shape index (κ1) is 29.3. The molecule has 3 atom stereocenters. The maximum Gasteiger partial charge on any atom is 0.229 e. The topological polar surface area (TPSA) is 127 Å². The van der Waals surface area contributed by atoms with Crippen molar-refractivity contribution < 1.29 is 18.3 Å². The summed E-state index contributed by atoms with van der Waals surface area (Å²) in [6, 6.07) is 9.54. The minimum atomic E-state index is -0.723. The second-order valence-electron chi connectivity index (χ2n) is 10.7. The third kappa shape index (κ3) is 6.33. The van der Waals surface area contributed by atoms with Gasteiger partial charge < -0.3 is 25.4 Å². The number of nitrogens with two attached hydrogens (primary N) is 1. The van der Waals surface area contributed by atoms with Crippen LogP contribution in [0.25, 0.3) is 16.8 Å². The Morgan fingerprint density at radius 3 is 2.67 bits per heavy atom. The molecule has 5 rings (SSSR count). The maximum absolute atomic E-state index is 15.1. The minimum Gasteiger partial charge on any atom is -0.375 e. The van der Waals surface area contributed by atoms with Crippen LogP contribution in [0.15, 0.2) is 48.9 Å². The maximum atomic E-state index is 15.1. The van der Waals surface area contributed by atoms with Gasteiger partial charge in [0.2, 0.25) is 5.95 Å². The predicted octanol–water partition coefficient (Wildman–Crippen LogP) is 4.82. The van der Waals surface area contributed by atoms with E-state index in [0.717, 1.165) is 5.69 Å². The zero-order chi connectivity index (χ0) is 29.8. The monoisotopic (exact) mass is 576 g/mol. The standard InChI is InChI=1S/C30H34F2N8O2/c1-18(2)42-17-20-11-22(31)28(23(32)12-20)25-6-5-21-13-36-30(40(21)38-25)37-26-14-35-9-7-27(26)39-15-19(3)29(24(34)16-39)41-10-4-8-33/h5-7,9,11-14,18-19,24,29H,4,10,15-17,34H2,1-3H3,(H,36,37). The lowest BCUT2D eigenvalue weighted by Crippen LogP contribution is -2.56. The van der Waals surface area contributed by atoms with Crippen molar-refractivity contribution in [2.24, 2.45) is 11.7 Å². The molecule has 1 aliphatic rings. The van der Waals surface area contributed by atoms with Gasteiger partial charge in [-0.1, -0.05) is 6.92 Å². The number of benzene rings is 1. The number of piperidine rings is 1. The van der Waals surface area contributed by atoms with E-state index in [1.165, 1.54) is 16.6 Å². The summed E-state index contributed by atoms with van der Waals surface area (Å²) in [7, 11) is 0. The minimum absolute atomic E-state index is 0.0616.